The Morgan fingerprint density at radius 3 is 2.59 bits per heavy atom. The number of hydrogen-bond acceptors (Lipinski definition) is 7. The number of carbonyl (C=O) groups excluding carboxylic acids is 1. The number of aromatic nitrogens is 4. The monoisotopic (exact) mass is 370 g/mol. The average molecular weight is 370 g/mol. The topological polar surface area (TPSA) is 125 Å². The van der Waals surface area contributed by atoms with Crippen LogP contribution in [0.1, 0.15) is 48.3 Å². The number of carbonyl (C=O) groups is 1. The van der Waals surface area contributed by atoms with Crippen LogP contribution in [-0.2, 0) is 0 Å². The van der Waals surface area contributed by atoms with E-state index in [2.05, 4.69) is 35.7 Å². The summed E-state index contributed by atoms with van der Waals surface area (Å²) >= 11 is 0. The van der Waals surface area contributed by atoms with Crippen molar-refractivity contribution in [2.75, 3.05) is 17.3 Å². The largest absolute Gasteiger partial charge is 0.364 e. The first-order chi connectivity index (χ1) is 13.0. The maximum atomic E-state index is 11.8. The molecule has 2 saturated heterocycles. The van der Waals surface area contributed by atoms with Gasteiger partial charge in [-0.2, -0.15) is 10.1 Å². The number of nitrogens with zero attached hydrogens (tertiary/aromatic N) is 4. The second-order valence-corrected chi connectivity index (χ2v) is 7.59. The van der Waals surface area contributed by atoms with Gasteiger partial charge in [0.25, 0.3) is 5.91 Å². The van der Waals surface area contributed by atoms with E-state index in [9.17, 15) is 4.79 Å². The predicted molar refractivity (Wildman–Crippen MR) is 103 cm³/mol. The lowest BCUT2D eigenvalue weighted by Crippen LogP contribution is -2.54. The van der Waals surface area contributed by atoms with E-state index in [-0.39, 0.29) is 5.69 Å². The van der Waals surface area contributed by atoms with Crippen LogP contribution < -0.4 is 21.3 Å². The van der Waals surface area contributed by atoms with Crippen LogP contribution in [0.15, 0.2) is 12.1 Å². The Balaban J connectivity index is 1.59. The van der Waals surface area contributed by atoms with E-state index in [1.54, 1.807) is 6.07 Å². The molecule has 9 nitrogen and oxygen atoms in total. The zero-order valence-corrected chi connectivity index (χ0v) is 15.7. The van der Waals surface area contributed by atoms with Crippen LogP contribution in [0.25, 0.3) is 0 Å². The van der Waals surface area contributed by atoms with Gasteiger partial charge in [0.05, 0.1) is 0 Å². The molecule has 2 aromatic rings. The van der Waals surface area contributed by atoms with Crippen molar-refractivity contribution in [1.29, 1.82) is 0 Å². The van der Waals surface area contributed by atoms with Crippen LogP contribution in [0, 0.1) is 6.92 Å². The summed E-state index contributed by atoms with van der Waals surface area (Å²) in [7, 11) is 1.99. The van der Waals surface area contributed by atoms with Gasteiger partial charge in [0.15, 0.2) is 5.82 Å². The maximum Gasteiger partial charge on any atom is 0.267 e. The highest BCUT2D eigenvalue weighted by Gasteiger charge is 2.34. The van der Waals surface area contributed by atoms with Gasteiger partial charge in [-0.25, -0.2) is 4.98 Å². The van der Waals surface area contributed by atoms with E-state index < -0.39 is 5.91 Å². The number of aromatic amines is 1. The molecule has 2 aromatic heterocycles. The van der Waals surface area contributed by atoms with Crippen LogP contribution in [-0.4, -0.2) is 51.2 Å². The first-order valence-corrected chi connectivity index (χ1v) is 9.44. The molecule has 0 aliphatic carbocycles. The van der Waals surface area contributed by atoms with Crippen molar-refractivity contribution in [1.82, 2.24) is 25.5 Å². The molecule has 9 heteroatoms. The van der Waals surface area contributed by atoms with Gasteiger partial charge in [0.2, 0.25) is 5.95 Å². The molecule has 0 aromatic carbocycles. The van der Waals surface area contributed by atoms with Crippen LogP contribution in [0.2, 0.25) is 0 Å². The van der Waals surface area contributed by atoms with Gasteiger partial charge < -0.3 is 21.3 Å². The molecule has 1 unspecified atom stereocenters. The van der Waals surface area contributed by atoms with Crippen LogP contribution >= 0.6 is 0 Å². The summed E-state index contributed by atoms with van der Waals surface area (Å²) in [4.78, 5) is 22.9. The van der Waals surface area contributed by atoms with Crippen molar-refractivity contribution in [2.45, 2.75) is 57.2 Å². The average Bonchev–Trinajstić information content (AvgIpc) is 3.05. The minimum atomic E-state index is -0.574. The number of fused-ring (bicyclic) bond motifs is 2. The van der Waals surface area contributed by atoms with Crippen LogP contribution in [0.4, 0.5) is 17.6 Å². The van der Waals surface area contributed by atoms with E-state index in [0.29, 0.717) is 35.7 Å². The van der Waals surface area contributed by atoms with Crippen molar-refractivity contribution >= 4 is 23.5 Å². The Bertz CT molecular complexity index is 823. The lowest BCUT2D eigenvalue weighted by molar-refractivity contribution is 0.0995. The molecule has 2 fully saturated rings. The van der Waals surface area contributed by atoms with E-state index in [1.807, 2.05) is 20.0 Å². The number of amides is 1. The number of H-pyrrole nitrogens is 1. The van der Waals surface area contributed by atoms with Crippen molar-refractivity contribution in [2.24, 2.45) is 5.73 Å². The summed E-state index contributed by atoms with van der Waals surface area (Å²) in [6.45, 7) is 1.92. The number of primary amides is 1. The quantitative estimate of drug-likeness (QED) is 0.628. The number of piperidine rings is 2. The van der Waals surface area contributed by atoms with Gasteiger partial charge in [0.1, 0.15) is 11.5 Å². The van der Waals surface area contributed by atoms with E-state index >= 15 is 0 Å². The standard InChI is InChI=1S/C18H26N8O/c1-10-6-16(25-24-10)22-15-9-14(17(19)27)21-18(23-15)26(2)13-7-11-4-3-5-12(8-13)20-11/h6,9,11-13,20H,3-5,7-8H2,1-2H3,(H2,19,27)(H2,21,22,23,24,25)/t11-,12+,13?. The lowest BCUT2D eigenvalue weighted by Gasteiger charge is -2.43. The highest BCUT2D eigenvalue weighted by molar-refractivity contribution is 5.92. The Morgan fingerprint density at radius 1 is 1.22 bits per heavy atom. The number of hydrogen-bond donors (Lipinski definition) is 4. The van der Waals surface area contributed by atoms with Gasteiger partial charge in [0, 0.05) is 43.0 Å². The van der Waals surface area contributed by atoms with Crippen LogP contribution in [0.3, 0.4) is 0 Å². The molecule has 2 aliphatic heterocycles. The molecule has 0 radical (unpaired) electrons. The molecular weight excluding hydrogens is 344 g/mol. The first kappa shape index (κ1) is 17.7. The molecule has 0 spiro atoms. The smallest absolute Gasteiger partial charge is 0.267 e. The first-order valence-electron chi connectivity index (χ1n) is 9.44. The third-order valence-corrected chi connectivity index (χ3v) is 5.48. The summed E-state index contributed by atoms with van der Waals surface area (Å²) < 4.78 is 0. The molecule has 27 heavy (non-hydrogen) atoms. The summed E-state index contributed by atoms with van der Waals surface area (Å²) in [5.74, 6) is 1.06. The van der Waals surface area contributed by atoms with E-state index in [1.165, 1.54) is 19.3 Å². The molecule has 5 N–H and O–H groups in total. The van der Waals surface area contributed by atoms with E-state index in [0.717, 1.165) is 18.5 Å². The summed E-state index contributed by atoms with van der Waals surface area (Å²) in [5, 5.41) is 13.8. The van der Waals surface area contributed by atoms with Crippen molar-refractivity contribution in [3.05, 3.63) is 23.5 Å². The molecule has 1 amide bonds. The molecule has 2 aliphatic rings. The third-order valence-electron chi connectivity index (χ3n) is 5.48. The second-order valence-electron chi connectivity index (χ2n) is 7.59. The Hall–Kier alpha value is -2.68. The molecule has 144 valence electrons. The predicted octanol–water partition coefficient (Wildman–Crippen LogP) is 1.46. The SMILES string of the molecule is Cc1cc(Nc2cc(C(N)=O)nc(N(C)C3C[C@H]4CCC[C@@H](C3)N4)n2)n[nH]1. The molecular formula is C18H26N8O. The fraction of sp³-hybridized carbons (Fsp3) is 0.556. The minimum absolute atomic E-state index is 0.190. The van der Waals surface area contributed by atoms with Gasteiger partial charge in [-0.3, -0.25) is 9.89 Å². The Kier molecular flexibility index (Phi) is 4.69. The number of nitrogens with two attached hydrogens (primary N) is 1. The van der Waals surface area contributed by atoms with Crippen molar-refractivity contribution < 1.29 is 4.79 Å². The molecule has 3 atom stereocenters. The van der Waals surface area contributed by atoms with Crippen molar-refractivity contribution in [3.63, 3.8) is 0 Å². The summed E-state index contributed by atoms with van der Waals surface area (Å²) in [6.07, 6.45) is 5.84. The van der Waals surface area contributed by atoms with E-state index in [4.69, 9.17) is 5.73 Å². The third kappa shape index (κ3) is 3.87. The second kappa shape index (κ2) is 7.15. The highest BCUT2D eigenvalue weighted by Crippen LogP contribution is 2.30. The number of rotatable bonds is 5. The maximum absolute atomic E-state index is 11.8. The molecule has 0 saturated carbocycles. The molecule has 4 rings (SSSR count). The normalized spacial score (nSPS) is 24.4. The molecule has 2 bridgehead atoms. The zero-order chi connectivity index (χ0) is 19.0. The summed E-state index contributed by atoms with van der Waals surface area (Å²) in [6, 6.07) is 4.86. The molecule has 4 heterocycles. The Morgan fingerprint density at radius 2 is 1.96 bits per heavy atom. The minimum Gasteiger partial charge on any atom is -0.364 e. The highest BCUT2D eigenvalue weighted by atomic mass is 16.1. The lowest BCUT2D eigenvalue weighted by atomic mass is 9.83. The van der Waals surface area contributed by atoms with Gasteiger partial charge in [-0.1, -0.05) is 6.42 Å². The van der Waals surface area contributed by atoms with Gasteiger partial charge in [-0.15, -0.1) is 0 Å². The number of nitrogens with one attached hydrogen (secondary N) is 3. The van der Waals surface area contributed by atoms with Gasteiger partial charge in [-0.05, 0) is 32.6 Å². The zero-order valence-electron chi connectivity index (χ0n) is 15.7. The fourth-order valence-corrected chi connectivity index (χ4v) is 4.11. The van der Waals surface area contributed by atoms with Crippen molar-refractivity contribution in [3.8, 4) is 0 Å². The number of aryl methyl sites for hydroxylation is 1. The van der Waals surface area contributed by atoms with Gasteiger partial charge >= 0.3 is 0 Å². The summed E-state index contributed by atoms with van der Waals surface area (Å²) in [5.41, 5.74) is 6.62. The number of anilines is 3. The van der Waals surface area contributed by atoms with Crippen LogP contribution in [0.5, 0.6) is 0 Å². The fourth-order valence-electron chi connectivity index (χ4n) is 4.11. The Labute approximate surface area is 158 Å².